The van der Waals surface area contributed by atoms with E-state index in [0.717, 1.165) is 35.1 Å². The van der Waals surface area contributed by atoms with Crippen LogP contribution in [-0.2, 0) is 22.7 Å². The van der Waals surface area contributed by atoms with Crippen LogP contribution >= 0.6 is 0 Å². The van der Waals surface area contributed by atoms with E-state index in [-0.39, 0.29) is 24.1 Å². The summed E-state index contributed by atoms with van der Waals surface area (Å²) >= 11 is 0. The summed E-state index contributed by atoms with van der Waals surface area (Å²) in [6.07, 6.45) is 2.27. The van der Waals surface area contributed by atoms with Gasteiger partial charge in [0.25, 0.3) is 5.91 Å². The minimum absolute atomic E-state index is 0.196. The molecule has 3 amide bonds. The number of benzene rings is 3. The van der Waals surface area contributed by atoms with Crippen molar-refractivity contribution < 1.29 is 18.8 Å². The summed E-state index contributed by atoms with van der Waals surface area (Å²) in [6, 6.07) is 17.4. The summed E-state index contributed by atoms with van der Waals surface area (Å²) in [4.78, 5) is 43.7. The van der Waals surface area contributed by atoms with Gasteiger partial charge in [0.15, 0.2) is 0 Å². The maximum absolute atomic E-state index is 14.5. The van der Waals surface area contributed by atoms with E-state index in [1.807, 2.05) is 46.0 Å². The van der Waals surface area contributed by atoms with Crippen LogP contribution in [0.25, 0.3) is 10.8 Å². The molecule has 216 valence electrons. The number of aromatic nitrogens is 2. The Balaban J connectivity index is 1.08. The largest absolute Gasteiger partial charge is 0.367 e. The zero-order chi connectivity index (χ0) is 29.7. The van der Waals surface area contributed by atoms with Crippen LogP contribution in [0.1, 0.15) is 40.0 Å². The first-order valence-electron chi connectivity index (χ1n) is 14.3. The molecule has 3 aliphatic rings. The number of rotatable bonds is 6. The van der Waals surface area contributed by atoms with Crippen LogP contribution < -0.4 is 15.1 Å². The topological polar surface area (TPSA) is 115 Å². The molecule has 2 saturated heterocycles. The molecule has 11 heteroatoms. The van der Waals surface area contributed by atoms with Crippen LogP contribution in [-0.4, -0.2) is 64.6 Å². The Morgan fingerprint density at radius 3 is 2.56 bits per heavy atom. The molecule has 0 saturated carbocycles. The normalized spacial score (nSPS) is 18.8. The van der Waals surface area contributed by atoms with Gasteiger partial charge in [-0.05, 0) is 53.8 Å². The van der Waals surface area contributed by atoms with Crippen molar-refractivity contribution in [3.8, 4) is 6.07 Å². The van der Waals surface area contributed by atoms with Crippen molar-refractivity contribution in [1.82, 2.24) is 20.0 Å². The zero-order valence-electron chi connectivity index (χ0n) is 23.3. The molecule has 1 atom stereocenters. The van der Waals surface area contributed by atoms with E-state index in [2.05, 4.69) is 15.3 Å². The number of halogens is 1. The fourth-order valence-electron chi connectivity index (χ4n) is 6.45. The number of carbonyl (C=O) groups is 3. The van der Waals surface area contributed by atoms with Crippen LogP contribution in [0.3, 0.4) is 0 Å². The van der Waals surface area contributed by atoms with E-state index in [0.29, 0.717) is 55.1 Å². The Bertz CT molecular complexity index is 1840. The second-order valence-electron chi connectivity index (χ2n) is 11.1. The SMILES string of the molecule is N#Cc1ccc(N2CCN(Cc3ccnn3Cc3ccc4c5c(cccc35)C(=O)N4C3CCC(=O)NC3=O)CC2)c(F)c1. The van der Waals surface area contributed by atoms with Crippen molar-refractivity contribution in [2.24, 2.45) is 0 Å². The minimum Gasteiger partial charge on any atom is -0.367 e. The average molecular weight is 578 g/mol. The predicted molar refractivity (Wildman–Crippen MR) is 157 cm³/mol. The second-order valence-corrected chi connectivity index (χ2v) is 11.1. The highest BCUT2D eigenvalue weighted by Crippen LogP contribution is 2.41. The molecule has 1 unspecified atom stereocenters. The van der Waals surface area contributed by atoms with E-state index in [4.69, 9.17) is 5.26 Å². The molecule has 0 aliphatic carbocycles. The quantitative estimate of drug-likeness (QED) is 0.350. The van der Waals surface area contributed by atoms with Gasteiger partial charge in [-0.2, -0.15) is 10.4 Å². The lowest BCUT2D eigenvalue weighted by Gasteiger charge is -2.36. The lowest BCUT2D eigenvalue weighted by Crippen LogP contribution is -2.53. The fraction of sp³-hybridized carbons (Fsp3) is 0.281. The number of hydrogen-bond donors (Lipinski definition) is 1. The van der Waals surface area contributed by atoms with Crippen LogP contribution in [0, 0.1) is 17.1 Å². The monoisotopic (exact) mass is 577 g/mol. The van der Waals surface area contributed by atoms with Crippen molar-refractivity contribution in [2.45, 2.75) is 32.0 Å². The molecule has 4 heterocycles. The van der Waals surface area contributed by atoms with Gasteiger partial charge in [-0.1, -0.05) is 18.2 Å². The number of anilines is 2. The third-order valence-corrected chi connectivity index (χ3v) is 8.64. The number of carbonyl (C=O) groups excluding carboxylic acids is 3. The first-order chi connectivity index (χ1) is 20.9. The van der Waals surface area contributed by atoms with Crippen LogP contribution in [0.15, 0.2) is 60.8 Å². The Labute approximate surface area is 246 Å². The number of nitrogens with zero attached hydrogens (tertiary/aromatic N) is 6. The molecule has 1 aromatic heterocycles. The Morgan fingerprint density at radius 2 is 1.79 bits per heavy atom. The molecule has 3 aliphatic heterocycles. The maximum atomic E-state index is 14.5. The molecule has 1 N–H and O–H groups in total. The Morgan fingerprint density at radius 1 is 0.977 bits per heavy atom. The third kappa shape index (κ3) is 4.70. The Kier molecular flexibility index (Phi) is 6.63. The second kappa shape index (κ2) is 10.6. The van der Waals surface area contributed by atoms with E-state index >= 15 is 0 Å². The standard InChI is InChI=1S/C32H28FN7O3/c33-25-16-20(17-34)4-6-26(25)38-14-12-37(13-15-38)19-22-10-11-35-39(22)18-21-5-7-27-30-23(21)2-1-3-24(30)32(43)40(27)28-8-9-29(41)36-31(28)42/h1-7,10-11,16,28H,8-9,12-15,18-19H2,(H,36,41,42). The highest BCUT2D eigenvalue weighted by atomic mass is 19.1. The van der Waals surface area contributed by atoms with Crippen LogP contribution in [0.4, 0.5) is 15.8 Å². The predicted octanol–water partition coefficient (Wildman–Crippen LogP) is 3.18. The van der Waals surface area contributed by atoms with Crippen molar-refractivity contribution >= 4 is 39.9 Å². The number of piperazine rings is 1. The van der Waals surface area contributed by atoms with Gasteiger partial charge < -0.3 is 4.90 Å². The minimum atomic E-state index is -0.724. The lowest BCUT2D eigenvalue weighted by molar-refractivity contribution is -0.134. The average Bonchev–Trinajstić information content (AvgIpc) is 3.57. The van der Waals surface area contributed by atoms with Crippen LogP contribution in [0.5, 0.6) is 0 Å². The first-order valence-corrected chi connectivity index (χ1v) is 14.3. The molecular weight excluding hydrogens is 549 g/mol. The fourth-order valence-corrected chi connectivity index (χ4v) is 6.45. The van der Waals surface area contributed by atoms with Crippen molar-refractivity contribution in [3.05, 3.63) is 89.0 Å². The van der Waals surface area contributed by atoms with E-state index in [9.17, 15) is 18.8 Å². The summed E-state index contributed by atoms with van der Waals surface area (Å²) < 4.78 is 16.5. The van der Waals surface area contributed by atoms with Gasteiger partial charge in [-0.25, -0.2) is 4.39 Å². The van der Waals surface area contributed by atoms with Crippen molar-refractivity contribution in [2.75, 3.05) is 36.0 Å². The number of amides is 3. The number of piperidine rings is 1. The van der Waals surface area contributed by atoms with Crippen molar-refractivity contribution in [3.63, 3.8) is 0 Å². The third-order valence-electron chi connectivity index (χ3n) is 8.64. The molecule has 0 radical (unpaired) electrons. The van der Waals surface area contributed by atoms with Gasteiger partial charge in [0, 0.05) is 56.3 Å². The van der Waals surface area contributed by atoms with Gasteiger partial charge in [0.1, 0.15) is 11.9 Å². The lowest BCUT2D eigenvalue weighted by atomic mass is 10.00. The molecule has 3 aromatic carbocycles. The Hall–Kier alpha value is -5.08. The first kappa shape index (κ1) is 26.8. The number of nitrogens with one attached hydrogen (secondary N) is 1. The van der Waals surface area contributed by atoms with E-state index < -0.39 is 11.9 Å². The molecule has 2 fully saturated rings. The van der Waals surface area contributed by atoms with Gasteiger partial charge >= 0.3 is 0 Å². The molecular formula is C32H28FN7O3. The summed E-state index contributed by atoms with van der Waals surface area (Å²) in [7, 11) is 0. The zero-order valence-corrected chi connectivity index (χ0v) is 23.3. The maximum Gasteiger partial charge on any atom is 0.259 e. The molecule has 43 heavy (non-hydrogen) atoms. The van der Waals surface area contributed by atoms with Crippen LogP contribution in [0.2, 0.25) is 0 Å². The highest BCUT2D eigenvalue weighted by Gasteiger charge is 2.40. The summed E-state index contributed by atoms with van der Waals surface area (Å²) in [5, 5.41) is 17.7. The molecule has 7 rings (SSSR count). The highest BCUT2D eigenvalue weighted by molar-refractivity contribution is 6.27. The van der Waals surface area contributed by atoms with E-state index in [1.165, 1.54) is 11.0 Å². The van der Waals surface area contributed by atoms with Gasteiger partial charge in [-0.3, -0.25) is 34.2 Å². The molecule has 0 bridgehead atoms. The number of nitriles is 1. The summed E-state index contributed by atoms with van der Waals surface area (Å²) in [5.74, 6) is -1.37. The van der Waals surface area contributed by atoms with Gasteiger partial charge in [0.2, 0.25) is 11.8 Å². The molecule has 4 aromatic rings. The van der Waals surface area contributed by atoms with Gasteiger partial charge in [0.05, 0.1) is 35.2 Å². The smallest absolute Gasteiger partial charge is 0.259 e. The van der Waals surface area contributed by atoms with Gasteiger partial charge in [-0.15, -0.1) is 0 Å². The number of hydrogen-bond acceptors (Lipinski definition) is 7. The number of imide groups is 1. The van der Waals surface area contributed by atoms with Crippen molar-refractivity contribution in [1.29, 1.82) is 5.26 Å². The summed E-state index contributed by atoms with van der Waals surface area (Å²) in [5.41, 5.74) is 4.12. The summed E-state index contributed by atoms with van der Waals surface area (Å²) in [6.45, 7) is 4.04. The molecule has 10 nitrogen and oxygen atoms in total. The van der Waals surface area contributed by atoms with E-state index in [1.54, 1.807) is 24.4 Å². The molecule has 0 spiro atoms.